The number of carbonyl (C=O) groups is 1. The largest absolute Gasteiger partial charge is 0.483 e. The number of nitrogens with zero attached hydrogens (tertiary/aromatic N) is 2. The van der Waals surface area contributed by atoms with E-state index in [2.05, 4.69) is 10.5 Å². The summed E-state index contributed by atoms with van der Waals surface area (Å²) in [6, 6.07) is 14.7. The summed E-state index contributed by atoms with van der Waals surface area (Å²) < 4.78 is 5.54. The van der Waals surface area contributed by atoms with E-state index < -0.39 is 0 Å². The molecule has 2 rings (SSSR count). The molecule has 0 saturated heterocycles. The Hall–Kier alpha value is -3.13. The predicted octanol–water partition coefficient (Wildman–Crippen LogP) is 2.70. The van der Waals surface area contributed by atoms with Gasteiger partial charge in [0.1, 0.15) is 5.75 Å². The van der Waals surface area contributed by atoms with Crippen molar-refractivity contribution in [1.29, 1.82) is 5.26 Å². The Morgan fingerprint density at radius 2 is 1.87 bits per heavy atom. The molecule has 0 aromatic heterocycles. The fraction of sp³-hybridized carbons (Fsp3) is 0.167. The van der Waals surface area contributed by atoms with Gasteiger partial charge in [-0.2, -0.15) is 10.4 Å². The Kier molecular flexibility index (Phi) is 5.48. The summed E-state index contributed by atoms with van der Waals surface area (Å²) in [7, 11) is 0. The van der Waals surface area contributed by atoms with Crippen LogP contribution in [-0.4, -0.2) is 18.7 Å². The maximum Gasteiger partial charge on any atom is 0.277 e. The standard InChI is InChI=1S/C18H17N3O2/c1-13-4-3-5-14(2)18(13)23-12-17(22)21-20-11-16-8-6-15(10-19)7-9-16/h3-9,11H,12H2,1-2H3,(H,21,22). The smallest absolute Gasteiger partial charge is 0.277 e. The number of rotatable bonds is 5. The molecular formula is C18H17N3O2. The number of hydrazone groups is 1. The van der Waals surface area contributed by atoms with Gasteiger partial charge in [0.2, 0.25) is 0 Å². The van der Waals surface area contributed by atoms with Gasteiger partial charge in [-0.05, 0) is 42.7 Å². The van der Waals surface area contributed by atoms with Crippen LogP contribution in [0, 0.1) is 25.2 Å². The SMILES string of the molecule is Cc1cccc(C)c1OCC(=O)NN=Cc1ccc(C#N)cc1. The lowest BCUT2D eigenvalue weighted by Gasteiger charge is -2.10. The number of benzene rings is 2. The summed E-state index contributed by atoms with van der Waals surface area (Å²) in [5, 5.41) is 12.6. The normalized spacial score (nSPS) is 10.3. The molecule has 0 bridgehead atoms. The second-order valence-electron chi connectivity index (χ2n) is 5.04. The summed E-state index contributed by atoms with van der Waals surface area (Å²) in [4.78, 5) is 11.7. The van der Waals surface area contributed by atoms with E-state index >= 15 is 0 Å². The van der Waals surface area contributed by atoms with Crippen LogP contribution in [0.5, 0.6) is 5.75 Å². The highest BCUT2D eigenvalue weighted by atomic mass is 16.5. The van der Waals surface area contributed by atoms with Crippen LogP contribution in [0.1, 0.15) is 22.3 Å². The van der Waals surface area contributed by atoms with Gasteiger partial charge in [-0.1, -0.05) is 30.3 Å². The molecule has 5 nitrogen and oxygen atoms in total. The third kappa shape index (κ3) is 4.68. The number of para-hydroxylation sites is 1. The zero-order valence-electron chi connectivity index (χ0n) is 13.0. The lowest BCUT2D eigenvalue weighted by molar-refractivity contribution is -0.123. The second-order valence-corrected chi connectivity index (χ2v) is 5.04. The molecule has 2 aromatic carbocycles. The van der Waals surface area contributed by atoms with Gasteiger partial charge >= 0.3 is 0 Å². The van der Waals surface area contributed by atoms with Crippen molar-refractivity contribution in [3.8, 4) is 11.8 Å². The topological polar surface area (TPSA) is 74.5 Å². The molecule has 116 valence electrons. The van der Waals surface area contributed by atoms with E-state index in [1.807, 2.05) is 38.1 Å². The fourth-order valence-electron chi connectivity index (χ4n) is 2.02. The van der Waals surface area contributed by atoms with Crippen LogP contribution in [0.25, 0.3) is 0 Å². The molecule has 5 heteroatoms. The molecule has 0 aliphatic rings. The molecular weight excluding hydrogens is 290 g/mol. The third-order valence-corrected chi connectivity index (χ3v) is 3.20. The van der Waals surface area contributed by atoms with Crippen LogP contribution >= 0.6 is 0 Å². The van der Waals surface area contributed by atoms with Gasteiger partial charge in [-0.15, -0.1) is 0 Å². The average molecular weight is 307 g/mol. The number of amides is 1. The fourth-order valence-corrected chi connectivity index (χ4v) is 2.02. The first-order chi connectivity index (χ1) is 11.1. The van der Waals surface area contributed by atoms with E-state index in [1.165, 1.54) is 6.21 Å². The second kappa shape index (κ2) is 7.76. The van der Waals surface area contributed by atoms with Crippen molar-refractivity contribution in [2.75, 3.05) is 6.61 Å². The van der Waals surface area contributed by atoms with Crippen LogP contribution in [0.4, 0.5) is 0 Å². The van der Waals surface area contributed by atoms with E-state index in [1.54, 1.807) is 24.3 Å². The zero-order chi connectivity index (χ0) is 16.7. The molecule has 0 aliphatic heterocycles. The van der Waals surface area contributed by atoms with E-state index in [0.29, 0.717) is 5.56 Å². The van der Waals surface area contributed by atoms with Crippen molar-refractivity contribution in [2.45, 2.75) is 13.8 Å². The van der Waals surface area contributed by atoms with Crippen LogP contribution in [-0.2, 0) is 4.79 Å². The molecule has 2 aromatic rings. The highest BCUT2D eigenvalue weighted by molar-refractivity contribution is 5.83. The quantitative estimate of drug-likeness (QED) is 0.681. The van der Waals surface area contributed by atoms with Gasteiger partial charge < -0.3 is 4.74 Å². The van der Waals surface area contributed by atoms with Crippen molar-refractivity contribution in [3.05, 3.63) is 64.7 Å². The van der Waals surface area contributed by atoms with Crippen molar-refractivity contribution in [2.24, 2.45) is 5.10 Å². The minimum atomic E-state index is -0.336. The molecule has 0 aliphatic carbocycles. The summed E-state index contributed by atoms with van der Waals surface area (Å²) in [6.07, 6.45) is 1.51. The molecule has 0 radical (unpaired) electrons. The molecule has 1 N–H and O–H groups in total. The highest BCUT2D eigenvalue weighted by Crippen LogP contribution is 2.21. The molecule has 1 amide bonds. The van der Waals surface area contributed by atoms with Gasteiger partial charge in [0.15, 0.2) is 6.61 Å². The van der Waals surface area contributed by atoms with Gasteiger partial charge in [0.05, 0.1) is 17.8 Å². The monoisotopic (exact) mass is 307 g/mol. The van der Waals surface area contributed by atoms with Crippen LogP contribution in [0.2, 0.25) is 0 Å². The first-order valence-electron chi connectivity index (χ1n) is 7.11. The van der Waals surface area contributed by atoms with E-state index in [4.69, 9.17) is 10.00 Å². The molecule has 0 heterocycles. The molecule has 0 atom stereocenters. The minimum absolute atomic E-state index is 0.101. The first kappa shape index (κ1) is 16.2. The molecule has 23 heavy (non-hydrogen) atoms. The molecule has 0 spiro atoms. The number of ether oxygens (including phenoxy) is 1. The Morgan fingerprint density at radius 1 is 1.22 bits per heavy atom. The number of hydrogen-bond donors (Lipinski definition) is 1. The lowest BCUT2D eigenvalue weighted by atomic mass is 10.1. The first-order valence-corrected chi connectivity index (χ1v) is 7.11. The number of nitriles is 1. The third-order valence-electron chi connectivity index (χ3n) is 3.20. The van der Waals surface area contributed by atoms with Crippen molar-refractivity contribution in [1.82, 2.24) is 5.43 Å². The maximum absolute atomic E-state index is 11.7. The summed E-state index contributed by atoms with van der Waals surface area (Å²) >= 11 is 0. The minimum Gasteiger partial charge on any atom is -0.483 e. The lowest BCUT2D eigenvalue weighted by Crippen LogP contribution is -2.25. The Labute approximate surface area is 135 Å². The van der Waals surface area contributed by atoms with Crippen LogP contribution in [0.3, 0.4) is 0 Å². The van der Waals surface area contributed by atoms with Crippen molar-refractivity contribution >= 4 is 12.1 Å². The number of carbonyl (C=O) groups excluding carboxylic acids is 1. The number of nitrogens with one attached hydrogen (secondary N) is 1. The van der Waals surface area contributed by atoms with Crippen molar-refractivity contribution in [3.63, 3.8) is 0 Å². The number of aryl methyl sites for hydroxylation is 2. The van der Waals surface area contributed by atoms with E-state index in [-0.39, 0.29) is 12.5 Å². The van der Waals surface area contributed by atoms with E-state index in [9.17, 15) is 4.79 Å². The maximum atomic E-state index is 11.7. The summed E-state index contributed by atoms with van der Waals surface area (Å²) in [5.41, 5.74) is 5.75. The Balaban J connectivity index is 1.85. The predicted molar refractivity (Wildman–Crippen MR) is 88.3 cm³/mol. The van der Waals surface area contributed by atoms with Crippen LogP contribution < -0.4 is 10.2 Å². The van der Waals surface area contributed by atoms with Gasteiger partial charge in [0, 0.05) is 0 Å². The van der Waals surface area contributed by atoms with Gasteiger partial charge in [-0.25, -0.2) is 5.43 Å². The van der Waals surface area contributed by atoms with Gasteiger partial charge in [-0.3, -0.25) is 4.79 Å². The summed E-state index contributed by atoms with van der Waals surface area (Å²) in [6.45, 7) is 3.77. The van der Waals surface area contributed by atoms with Gasteiger partial charge in [0.25, 0.3) is 5.91 Å². The average Bonchev–Trinajstić information content (AvgIpc) is 2.55. The highest BCUT2D eigenvalue weighted by Gasteiger charge is 2.06. The van der Waals surface area contributed by atoms with E-state index in [0.717, 1.165) is 22.4 Å². The Morgan fingerprint density at radius 3 is 2.48 bits per heavy atom. The summed E-state index contributed by atoms with van der Waals surface area (Å²) in [5.74, 6) is 0.385. The van der Waals surface area contributed by atoms with Crippen molar-refractivity contribution < 1.29 is 9.53 Å². The zero-order valence-corrected chi connectivity index (χ0v) is 13.0. The molecule has 0 unspecified atom stereocenters. The van der Waals surface area contributed by atoms with Crippen LogP contribution in [0.15, 0.2) is 47.6 Å². The Bertz CT molecular complexity index is 739. The number of hydrogen-bond acceptors (Lipinski definition) is 4. The molecule has 0 fully saturated rings. The molecule has 0 saturated carbocycles.